The molecule has 19 heavy (non-hydrogen) atoms. The number of hydrogen-bond donors (Lipinski definition) is 3. The van der Waals surface area contributed by atoms with E-state index in [1.54, 1.807) is 6.92 Å². The zero-order valence-electron chi connectivity index (χ0n) is 12.6. The molecule has 1 amide bonds. The maximum atomic E-state index is 12.0. The van der Waals surface area contributed by atoms with E-state index in [2.05, 4.69) is 36.3 Å². The fraction of sp³-hybridized carbons (Fsp3) is 0.714. The molecular formula is C14H26N4O. The Morgan fingerprint density at radius 3 is 2.58 bits per heavy atom. The van der Waals surface area contributed by atoms with Crippen molar-refractivity contribution in [3.05, 3.63) is 11.8 Å². The van der Waals surface area contributed by atoms with Gasteiger partial charge in [0.2, 0.25) is 5.91 Å². The molecule has 5 nitrogen and oxygen atoms in total. The summed E-state index contributed by atoms with van der Waals surface area (Å²) in [6.45, 7) is 10.2. The summed E-state index contributed by atoms with van der Waals surface area (Å²) >= 11 is 0. The van der Waals surface area contributed by atoms with E-state index in [-0.39, 0.29) is 11.3 Å². The van der Waals surface area contributed by atoms with Crippen molar-refractivity contribution in [1.29, 1.82) is 0 Å². The van der Waals surface area contributed by atoms with Gasteiger partial charge < -0.3 is 11.1 Å². The first kappa shape index (κ1) is 15.7. The summed E-state index contributed by atoms with van der Waals surface area (Å²) in [5, 5.41) is 9.81. The quantitative estimate of drug-likeness (QED) is 0.765. The average molecular weight is 266 g/mol. The predicted octanol–water partition coefficient (Wildman–Crippen LogP) is 2.45. The van der Waals surface area contributed by atoms with Crippen molar-refractivity contribution in [3.63, 3.8) is 0 Å². The van der Waals surface area contributed by atoms with Crippen LogP contribution in [0.3, 0.4) is 0 Å². The van der Waals surface area contributed by atoms with Crippen LogP contribution in [0.5, 0.6) is 0 Å². The Balaban J connectivity index is 2.66. The number of carbonyl (C=O) groups is 1. The second kappa shape index (κ2) is 5.74. The van der Waals surface area contributed by atoms with Crippen molar-refractivity contribution in [2.24, 2.45) is 11.1 Å². The van der Waals surface area contributed by atoms with E-state index in [9.17, 15) is 4.79 Å². The first-order valence-electron chi connectivity index (χ1n) is 6.79. The van der Waals surface area contributed by atoms with Gasteiger partial charge >= 0.3 is 0 Å². The van der Waals surface area contributed by atoms with Crippen LogP contribution in [0.4, 0.5) is 5.82 Å². The SMILES string of the molecule is CCCC(C)(N)C(=O)Nc1cc(CC(C)(C)C)[nH]n1. The van der Waals surface area contributed by atoms with Crippen LogP contribution in [-0.2, 0) is 11.2 Å². The Bertz CT molecular complexity index is 429. The zero-order valence-corrected chi connectivity index (χ0v) is 12.6. The molecule has 0 aromatic carbocycles. The Morgan fingerprint density at radius 1 is 1.42 bits per heavy atom. The normalized spacial score (nSPS) is 15.1. The lowest BCUT2D eigenvalue weighted by atomic mass is 9.91. The summed E-state index contributed by atoms with van der Waals surface area (Å²) in [5.41, 5.74) is 6.32. The van der Waals surface area contributed by atoms with Crippen LogP contribution in [0.2, 0.25) is 0 Å². The first-order valence-corrected chi connectivity index (χ1v) is 6.79. The molecule has 1 heterocycles. The van der Waals surface area contributed by atoms with E-state index in [4.69, 9.17) is 5.73 Å². The zero-order chi connectivity index (χ0) is 14.7. The molecule has 0 saturated heterocycles. The maximum Gasteiger partial charge on any atom is 0.245 e. The van der Waals surface area contributed by atoms with Crippen LogP contribution in [0.1, 0.15) is 53.2 Å². The molecule has 4 N–H and O–H groups in total. The minimum atomic E-state index is -0.849. The third-order valence-electron chi connectivity index (χ3n) is 2.88. The average Bonchev–Trinajstić information content (AvgIpc) is 2.62. The molecule has 1 aromatic rings. The lowest BCUT2D eigenvalue weighted by molar-refractivity contribution is -0.120. The van der Waals surface area contributed by atoms with Crippen LogP contribution < -0.4 is 11.1 Å². The lowest BCUT2D eigenvalue weighted by Crippen LogP contribution is -2.48. The van der Waals surface area contributed by atoms with Gasteiger partial charge in [-0.3, -0.25) is 9.89 Å². The number of nitrogens with one attached hydrogen (secondary N) is 2. The summed E-state index contributed by atoms with van der Waals surface area (Å²) in [6, 6.07) is 1.87. The van der Waals surface area contributed by atoms with Crippen molar-refractivity contribution in [2.45, 2.75) is 59.4 Å². The van der Waals surface area contributed by atoms with E-state index < -0.39 is 5.54 Å². The molecule has 0 spiro atoms. The van der Waals surface area contributed by atoms with Crippen LogP contribution in [0.25, 0.3) is 0 Å². The molecule has 5 heteroatoms. The molecule has 1 aromatic heterocycles. The van der Waals surface area contributed by atoms with E-state index in [0.717, 1.165) is 18.5 Å². The van der Waals surface area contributed by atoms with Crippen molar-refractivity contribution < 1.29 is 4.79 Å². The summed E-state index contributed by atoms with van der Waals surface area (Å²) < 4.78 is 0. The highest BCUT2D eigenvalue weighted by atomic mass is 16.2. The first-order chi connectivity index (χ1) is 8.64. The highest BCUT2D eigenvalue weighted by Crippen LogP contribution is 2.21. The van der Waals surface area contributed by atoms with Gasteiger partial charge in [0.05, 0.1) is 5.54 Å². The molecule has 1 rings (SSSR count). The topological polar surface area (TPSA) is 83.8 Å². The standard InChI is InChI=1S/C14H26N4O/c1-6-7-14(5,15)12(19)16-11-8-10(17-18-11)9-13(2,3)4/h8H,6-7,9,15H2,1-5H3,(H2,16,17,18,19). The molecule has 1 unspecified atom stereocenters. The molecule has 108 valence electrons. The Labute approximate surface area is 115 Å². The monoisotopic (exact) mass is 266 g/mol. The predicted molar refractivity (Wildman–Crippen MR) is 77.9 cm³/mol. The number of hydrogen-bond acceptors (Lipinski definition) is 3. The number of aromatic amines is 1. The Hall–Kier alpha value is -1.36. The second-order valence-corrected chi connectivity index (χ2v) is 6.64. The maximum absolute atomic E-state index is 12.0. The Morgan fingerprint density at radius 2 is 2.05 bits per heavy atom. The van der Waals surface area contributed by atoms with Crippen molar-refractivity contribution >= 4 is 11.7 Å². The number of carbonyl (C=O) groups excluding carboxylic acids is 1. The molecule has 1 atom stereocenters. The van der Waals surface area contributed by atoms with Gasteiger partial charge in [-0.1, -0.05) is 34.1 Å². The number of amides is 1. The second-order valence-electron chi connectivity index (χ2n) is 6.64. The van der Waals surface area contributed by atoms with E-state index in [1.807, 2.05) is 13.0 Å². The number of nitrogens with two attached hydrogens (primary N) is 1. The van der Waals surface area contributed by atoms with Crippen molar-refractivity contribution in [1.82, 2.24) is 10.2 Å². The van der Waals surface area contributed by atoms with Gasteiger partial charge in [-0.25, -0.2) is 0 Å². The van der Waals surface area contributed by atoms with Crippen molar-refractivity contribution in [3.8, 4) is 0 Å². The Kier molecular flexibility index (Phi) is 4.74. The van der Waals surface area contributed by atoms with Gasteiger partial charge in [0.25, 0.3) is 0 Å². The fourth-order valence-electron chi connectivity index (χ4n) is 1.98. The largest absolute Gasteiger partial charge is 0.318 e. The van der Waals surface area contributed by atoms with Crippen LogP contribution in [-0.4, -0.2) is 21.6 Å². The van der Waals surface area contributed by atoms with E-state index in [1.165, 1.54) is 0 Å². The lowest BCUT2D eigenvalue weighted by Gasteiger charge is -2.21. The molecule has 0 radical (unpaired) electrons. The molecular weight excluding hydrogens is 240 g/mol. The fourth-order valence-corrected chi connectivity index (χ4v) is 1.98. The number of aromatic nitrogens is 2. The highest BCUT2D eigenvalue weighted by Gasteiger charge is 2.27. The minimum Gasteiger partial charge on any atom is -0.318 e. The summed E-state index contributed by atoms with van der Waals surface area (Å²) in [7, 11) is 0. The van der Waals surface area contributed by atoms with Gasteiger partial charge in [-0.05, 0) is 25.2 Å². The number of H-pyrrole nitrogens is 1. The molecule has 0 aliphatic rings. The van der Waals surface area contributed by atoms with Crippen molar-refractivity contribution in [2.75, 3.05) is 5.32 Å². The number of anilines is 1. The van der Waals surface area contributed by atoms with Crippen LogP contribution in [0.15, 0.2) is 6.07 Å². The van der Waals surface area contributed by atoms with Gasteiger partial charge in [-0.2, -0.15) is 5.10 Å². The van der Waals surface area contributed by atoms with Crippen LogP contribution in [0, 0.1) is 5.41 Å². The molecule has 0 saturated carbocycles. The molecule has 0 aliphatic heterocycles. The summed E-state index contributed by atoms with van der Waals surface area (Å²) in [6.07, 6.45) is 2.40. The third-order valence-corrected chi connectivity index (χ3v) is 2.88. The smallest absolute Gasteiger partial charge is 0.245 e. The molecule has 0 fully saturated rings. The highest BCUT2D eigenvalue weighted by molar-refractivity contribution is 5.96. The van der Waals surface area contributed by atoms with Gasteiger partial charge in [0.1, 0.15) is 0 Å². The van der Waals surface area contributed by atoms with Crippen LogP contribution >= 0.6 is 0 Å². The molecule has 0 aliphatic carbocycles. The van der Waals surface area contributed by atoms with E-state index in [0.29, 0.717) is 12.2 Å². The summed E-state index contributed by atoms with van der Waals surface area (Å²) in [5.74, 6) is 0.347. The minimum absolute atomic E-state index is 0.179. The summed E-state index contributed by atoms with van der Waals surface area (Å²) in [4.78, 5) is 12.0. The number of nitrogens with zero attached hydrogens (tertiary/aromatic N) is 1. The van der Waals surface area contributed by atoms with E-state index >= 15 is 0 Å². The molecule has 0 bridgehead atoms. The van der Waals surface area contributed by atoms with Gasteiger partial charge in [0, 0.05) is 11.8 Å². The van der Waals surface area contributed by atoms with Gasteiger partial charge in [0.15, 0.2) is 5.82 Å². The third kappa shape index (κ3) is 5.03. The van der Waals surface area contributed by atoms with Gasteiger partial charge in [-0.15, -0.1) is 0 Å². The number of rotatable bonds is 5.